The molecule has 1 aliphatic heterocycles. The molecule has 0 spiro atoms. The minimum Gasteiger partial charge on any atom is -0.369 e. The number of hydrogen-bond donors (Lipinski definition) is 1. The van der Waals surface area contributed by atoms with Crippen LogP contribution in [0, 0.1) is 3.57 Å². The number of hydrogen-bond acceptors (Lipinski definition) is 5. The lowest BCUT2D eigenvalue weighted by Crippen LogP contribution is -2.36. The summed E-state index contributed by atoms with van der Waals surface area (Å²) >= 11 is 2.24. The molecular weight excluding hydrogens is 331 g/mol. The first kappa shape index (κ1) is 13.0. The highest BCUT2D eigenvalue weighted by atomic mass is 127. The van der Waals surface area contributed by atoms with Gasteiger partial charge in [-0.15, -0.1) is 0 Å². The van der Waals surface area contributed by atoms with Gasteiger partial charge >= 0.3 is 0 Å². The average Bonchev–Trinajstić information content (AvgIpc) is 2.32. The van der Waals surface area contributed by atoms with Gasteiger partial charge in [0.2, 0.25) is 0 Å². The van der Waals surface area contributed by atoms with E-state index in [1.165, 1.54) is 0 Å². The monoisotopic (exact) mass is 348 g/mol. The SMILES string of the molecule is CCNc1nc(C2CN(C)CCO2)ncc1I. The van der Waals surface area contributed by atoms with Crippen LogP contribution in [0.2, 0.25) is 0 Å². The van der Waals surface area contributed by atoms with Gasteiger partial charge in [0.25, 0.3) is 0 Å². The largest absolute Gasteiger partial charge is 0.369 e. The van der Waals surface area contributed by atoms with E-state index in [0.717, 1.165) is 41.5 Å². The molecule has 5 nitrogen and oxygen atoms in total. The molecule has 1 N–H and O–H groups in total. The van der Waals surface area contributed by atoms with Gasteiger partial charge in [-0.25, -0.2) is 9.97 Å². The lowest BCUT2D eigenvalue weighted by molar-refractivity contribution is -0.0254. The second kappa shape index (κ2) is 5.92. The Morgan fingerprint density at radius 1 is 1.65 bits per heavy atom. The van der Waals surface area contributed by atoms with Crippen LogP contribution in [0.15, 0.2) is 6.20 Å². The topological polar surface area (TPSA) is 50.3 Å². The molecule has 1 aromatic heterocycles. The molecular formula is C11H17IN4O. The summed E-state index contributed by atoms with van der Waals surface area (Å²) in [6, 6.07) is 0. The molecule has 0 radical (unpaired) electrons. The van der Waals surface area contributed by atoms with Crippen LogP contribution in [-0.4, -0.2) is 48.2 Å². The van der Waals surface area contributed by atoms with E-state index in [0.29, 0.717) is 0 Å². The van der Waals surface area contributed by atoms with Crippen molar-refractivity contribution in [1.29, 1.82) is 0 Å². The summed E-state index contributed by atoms with van der Waals surface area (Å²) in [7, 11) is 2.09. The second-order valence-electron chi connectivity index (χ2n) is 4.08. The van der Waals surface area contributed by atoms with Gasteiger partial charge in [0.1, 0.15) is 11.9 Å². The maximum atomic E-state index is 5.71. The van der Waals surface area contributed by atoms with Crippen LogP contribution >= 0.6 is 22.6 Å². The fourth-order valence-corrected chi connectivity index (χ4v) is 2.21. The molecule has 1 saturated heterocycles. The normalized spacial score (nSPS) is 21.5. The quantitative estimate of drug-likeness (QED) is 0.840. The molecule has 1 fully saturated rings. The molecule has 2 heterocycles. The van der Waals surface area contributed by atoms with Gasteiger partial charge in [-0.3, -0.25) is 0 Å². The first-order chi connectivity index (χ1) is 8.20. The maximum Gasteiger partial charge on any atom is 0.160 e. The Morgan fingerprint density at radius 2 is 2.47 bits per heavy atom. The zero-order valence-corrected chi connectivity index (χ0v) is 12.3. The van der Waals surface area contributed by atoms with Gasteiger partial charge in [0.15, 0.2) is 5.82 Å². The van der Waals surface area contributed by atoms with E-state index in [4.69, 9.17) is 4.74 Å². The lowest BCUT2D eigenvalue weighted by atomic mass is 10.2. The smallest absolute Gasteiger partial charge is 0.160 e. The van der Waals surface area contributed by atoms with Crippen molar-refractivity contribution in [3.8, 4) is 0 Å². The Bertz CT molecular complexity index is 388. The summed E-state index contributed by atoms with van der Waals surface area (Å²) in [6.07, 6.45) is 1.84. The number of nitrogens with one attached hydrogen (secondary N) is 1. The Kier molecular flexibility index (Phi) is 4.52. The van der Waals surface area contributed by atoms with Crippen molar-refractivity contribution in [3.05, 3.63) is 15.6 Å². The van der Waals surface area contributed by atoms with E-state index in [2.05, 4.69) is 56.7 Å². The van der Waals surface area contributed by atoms with Crippen LogP contribution in [-0.2, 0) is 4.74 Å². The number of likely N-dealkylation sites (N-methyl/N-ethyl adjacent to an activating group) is 1. The predicted octanol–water partition coefficient (Wildman–Crippen LogP) is 1.52. The molecule has 0 amide bonds. The highest BCUT2D eigenvalue weighted by molar-refractivity contribution is 14.1. The molecule has 6 heteroatoms. The molecule has 1 aliphatic rings. The second-order valence-corrected chi connectivity index (χ2v) is 5.24. The van der Waals surface area contributed by atoms with Crippen LogP contribution in [0.4, 0.5) is 5.82 Å². The third-order valence-corrected chi connectivity index (χ3v) is 3.45. The number of aromatic nitrogens is 2. The van der Waals surface area contributed by atoms with E-state index < -0.39 is 0 Å². The summed E-state index contributed by atoms with van der Waals surface area (Å²) in [6.45, 7) is 5.49. The Morgan fingerprint density at radius 3 is 3.18 bits per heavy atom. The zero-order valence-electron chi connectivity index (χ0n) is 10.1. The molecule has 17 heavy (non-hydrogen) atoms. The zero-order chi connectivity index (χ0) is 12.3. The van der Waals surface area contributed by atoms with Gasteiger partial charge in [0.05, 0.1) is 10.2 Å². The molecule has 1 aromatic rings. The van der Waals surface area contributed by atoms with Crippen molar-refractivity contribution in [2.24, 2.45) is 0 Å². The summed E-state index contributed by atoms with van der Waals surface area (Å²) in [5.41, 5.74) is 0. The van der Waals surface area contributed by atoms with Crippen molar-refractivity contribution in [1.82, 2.24) is 14.9 Å². The standard InChI is InChI=1S/C11H17IN4O/c1-3-13-10-8(12)6-14-11(15-10)9-7-16(2)4-5-17-9/h6,9H,3-5,7H2,1-2H3,(H,13,14,15). The molecule has 2 rings (SSSR count). The predicted molar refractivity (Wildman–Crippen MR) is 75.1 cm³/mol. The fourth-order valence-electron chi connectivity index (χ4n) is 1.76. The Hall–Kier alpha value is -0.470. The summed E-state index contributed by atoms with van der Waals surface area (Å²) < 4.78 is 6.75. The maximum absolute atomic E-state index is 5.71. The molecule has 0 aliphatic carbocycles. The van der Waals surface area contributed by atoms with Crippen LogP contribution in [0.1, 0.15) is 18.9 Å². The van der Waals surface area contributed by atoms with E-state index in [9.17, 15) is 0 Å². The van der Waals surface area contributed by atoms with Crippen molar-refractivity contribution in [2.45, 2.75) is 13.0 Å². The van der Waals surface area contributed by atoms with Gasteiger partial charge in [-0.1, -0.05) is 0 Å². The van der Waals surface area contributed by atoms with Crippen LogP contribution in [0.5, 0.6) is 0 Å². The number of nitrogens with zero attached hydrogens (tertiary/aromatic N) is 3. The van der Waals surface area contributed by atoms with Crippen molar-refractivity contribution in [2.75, 3.05) is 38.6 Å². The van der Waals surface area contributed by atoms with E-state index in [1.807, 2.05) is 6.20 Å². The number of anilines is 1. The molecule has 1 unspecified atom stereocenters. The molecule has 1 atom stereocenters. The van der Waals surface area contributed by atoms with Gasteiger partial charge in [-0.2, -0.15) is 0 Å². The molecule has 0 aromatic carbocycles. The number of rotatable bonds is 3. The van der Waals surface area contributed by atoms with Crippen LogP contribution < -0.4 is 5.32 Å². The Labute approximate surface area is 115 Å². The van der Waals surface area contributed by atoms with E-state index >= 15 is 0 Å². The minimum atomic E-state index is -0.0110. The Balaban J connectivity index is 2.17. The van der Waals surface area contributed by atoms with E-state index in [1.54, 1.807) is 0 Å². The van der Waals surface area contributed by atoms with Crippen molar-refractivity contribution < 1.29 is 4.74 Å². The summed E-state index contributed by atoms with van der Waals surface area (Å²) in [5.74, 6) is 1.67. The number of halogens is 1. The average molecular weight is 348 g/mol. The third-order valence-electron chi connectivity index (χ3n) is 2.66. The first-order valence-corrected chi connectivity index (χ1v) is 6.85. The highest BCUT2D eigenvalue weighted by Gasteiger charge is 2.22. The first-order valence-electron chi connectivity index (χ1n) is 5.77. The number of ether oxygens (including phenoxy) is 1. The third kappa shape index (κ3) is 3.26. The van der Waals surface area contributed by atoms with E-state index in [-0.39, 0.29) is 6.10 Å². The lowest BCUT2D eigenvalue weighted by Gasteiger charge is -2.29. The van der Waals surface area contributed by atoms with Crippen LogP contribution in [0.3, 0.4) is 0 Å². The summed E-state index contributed by atoms with van der Waals surface area (Å²) in [4.78, 5) is 11.1. The van der Waals surface area contributed by atoms with Gasteiger partial charge in [-0.05, 0) is 36.6 Å². The fraction of sp³-hybridized carbons (Fsp3) is 0.636. The van der Waals surface area contributed by atoms with Crippen LogP contribution in [0.25, 0.3) is 0 Å². The minimum absolute atomic E-state index is 0.0110. The number of morpholine rings is 1. The van der Waals surface area contributed by atoms with Crippen molar-refractivity contribution >= 4 is 28.4 Å². The highest BCUT2D eigenvalue weighted by Crippen LogP contribution is 2.21. The molecule has 0 bridgehead atoms. The summed E-state index contributed by atoms with van der Waals surface area (Å²) in [5, 5.41) is 3.24. The molecule has 94 valence electrons. The molecule has 0 saturated carbocycles. The van der Waals surface area contributed by atoms with Crippen molar-refractivity contribution in [3.63, 3.8) is 0 Å². The van der Waals surface area contributed by atoms with Gasteiger partial charge in [0, 0.05) is 25.8 Å². The van der Waals surface area contributed by atoms with Gasteiger partial charge < -0.3 is 15.0 Å².